The monoisotopic (exact) mass is 562 g/mol. The van der Waals surface area contributed by atoms with Gasteiger partial charge < -0.3 is 4.74 Å². The third-order valence-electron chi connectivity index (χ3n) is 9.23. The van der Waals surface area contributed by atoms with Crippen LogP contribution in [0.3, 0.4) is 0 Å². The highest BCUT2D eigenvalue weighted by atomic mass is 16.5. The lowest BCUT2D eigenvalue weighted by Gasteiger charge is -2.27. The first-order valence-electron chi connectivity index (χ1n) is 17.8. The second kappa shape index (κ2) is 21.8. The van der Waals surface area contributed by atoms with Gasteiger partial charge in [-0.3, -0.25) is 0 Å². The first-order valence-corrected chi connectivity index (χ1v) is 17.8. The van der Waals surface area contributed by atoms with E-state index in [1.807, 2.05) is 0 Å². The summed E-state index contributed by atoms with van der Waals surface area (Å²) in [6, 6.07) is 8.90. The van der Waals surface area contributed by atoms with Crippen LogP contribution in [0.4, 0.5) is 0 Å². The van der Waals surface area contributed by atoms with Crippen molar-refractivity contribution in [3.05, 3.63) is 53.6 Å². The van der Waals surface area contributed by atoms with E-state index in [2.05, 4.69) is 50.5 Å². The summed E-state index contributed by atoms with van der Waals surface area (Å²) in [6.45, 7) is 5.41. The standard InChI is InChI=1S/C38H62N2O/c1-3-5-7-9-11-12-13-15-16-18-20-33-24-28-37(29-25-33)41-32-34-22-26-36(27-23-34)38-39-30-35(31-40-38)21-19-17-14-10-8-6-4-2/h24-25,28-31,34,36H,3-23,26-27,32H2,1-2H3/t34-,36-. The van der Waals surface area contributed by atoms with E-state index in [1.165, 1.54) is 152 Å². The van der Waals surface area contributed by atoms with Gasteiger partial charge in [-0.15, -0.1) is 0 Å². The zero-order chi connectivity index (χ0) is 28.8. The Bertz CT molecular complexity index is 870. The highest BCUT2D eigenvalue weighted by Crippen LogP contribution is 2.34. The van der Waals surface area contributed by atoms with Gasteiger partial charge in [-0.2, -0.15) is 0 Å². The molecule has 0 aliphatic heterocycles. The molecule has 0 saturated heterocycles. The second-order valence-corrected chi connectivity index (χ2v) is 12.9. The van der Waals surface area contributed by atoms with Crippen molar-refractivity contribution in [2.75, 3.05) is 6.61 Å². The highest BCUT2D eigenvalue weighted by Gasteiger charge is 2.24. The average Bonchev–Trinajstić information content (AvgIpc) is 3.02. The molecule has 2 aromatic rings. The lowest BCUT2D eigenvalue weighted by Crippen LogP contribution is -2.20. The smallest absolute Gasteiger partial charge is 0.131 e. The van der Waals surface area contributed by atoms with Crippen molar-refractivity contribution in [1.29, 1.82) is 0 Å². The minimum Gasteiger partial charge on any atom is -0.493 e. The number of hydrogen-bond acceptors (Lipinski definition) is 3. The molecule has 1 aromatic carbocycles. The molecule has 3 rings (SSSR count). The molecular weight excluding hydrogens is 500 g/mol. The Morgan fingerprint density at radius 1 is 0.561 bits per heavy atom. The van der Waals surface area contributed by atoms with Gasteiger partial charge in [-0.25, -0.2) is 9.97 Å². The zero-order valence-corrected chi connectivity index (χ0v) is 26.9. The molecule has 0 N–H and O–H groups in total. The van der Waals surface area contributed by atoms with E-state index in [1.54, 1.807) is 0 Å². The molecule has 0 bridgehead atoms. The molecule has 1 saturated carbocycles. The third-order valence-corrected chi connectivity index (χ3v) is 9.23. The summed E-state index contributed by atoms with van der Waals surface area (Å²) in [4.78, 5) is 9.56. The molecule has 41 heavy (non-hydrogen) atoms. The Hall–Kier alpha value is -1.90. The molecule has 1 aromatic heterocycles. The number of aromatic nitrogens is 2. The molecule has 0 unspecified atom stereocenters. The van der Waals surface area contributed by atoms with Gasteiger partial charge in [0.15, 0.2) is 0 Å². The molecule has 0 radical (unpaired) electrons. The summed E-state index contributed by atoms with van der Waals surface area (Å²) in [7, 11) is 0. The predicted octanol–water partition coefficient (Wildman–Crippen LogP) is 11.6. The van der Waals surface area contributed by atoms with Gasteiger partial charge in [0.1, 0.15) is 11.6 Å². The summed E-state index contributed by atoms with van der Waals surface area (Å²) in [5.41, 5.74) is 2.75. The molecule has 3 heteroatoms. The molecular formula is C38H62N2O. The van der Waals surface area contributed by atoms with Crippen molar-refractivity contribution in [2.24, 2.45) is 5.92 Å². The van der Waals surface area contributed by atoms with E-state index in [-0.39, 0.29) is 0 Å². The summed E-state index contributed by atoms with van der Waals surface area (Å²) in [6.07, 6.45) is 34.8. The Morgan fingerprint density at radius 3 is 1.54 bits per heavy atom. The van der Waals surface area contributed by atoms with Crippen LogP contribution in [-0.4, -0.2) is 16.6 Å². The first-order chi connectivity index (χ1) is 20.3. The number of ether oxygens (including phenoxy) is 1. The Labute approximate surface area is 253 Å². The fraction of sp³-hybridized carbons (Fsp3) is 0.737. The molecule has 1 heterocycles. The molecule has 1 aliphatic carbocycles. The number of benzene rings is 1. The van der Waals surface area contributed by atoms with Gasteiger partial charge >= 0.3 is 0 Å². The quantitative estimate of drug-likeness (QED) is 0.126. The molecule has 1 aliphatic rings. The highest BCUT2D eigenvalue weighted by molar-refractivity contribution is 5.27. The average molecular weight is 563 g/mol. The minimum absolute atomic E-state index is 0.518. The van der Waals surface area contributed by atoms with E-state index in [0.29, 0.717) is 11.8 Å². The zero-order valence-electron chi connectivity index (χ0n) is 26.9. The fourth-order valence-electron chi connectivity index (χ4n) is 6.36. The largest absolute Gasteiger partial charge is 0.493 e. The normalized spacial score (nSPS) is 17.1. The van der Waals surface area contributed by atoms with Crippen molar-refractivity contribution in [1.82, 2.24) is 9.97 Å². The number of rotatable bonds is 23. The lowest BCUT2D eigenvalue weighted by atomic mass is 9.82. The van der Waals surface area contributed by atoms with Crippen molar-refractivity contribution < 1.29 is 4.74 Å². The SMILES string of the molecule is CCCCCCCCCCCCc1ccc(OC[C@H]2CC[C@H](c3ncc(CCCCCCCCC)cn3)CC2)cc1. The van der Waals surface area contributed by atoms with E-state index in [4.69, 9.17) is 14.7 Å². The molecule has 3 nitrogen and oxygen atoms in total. The molecule has 0 amide bonds. The van der Waals surface area contributed by atoms with Crippen LogP contribution in [-0.2, 0) is 12.8 Å². The fourth-order valence-corrected chi connectivity index (χ4v) is 6.36. The van der Waals surface area contributed by atoms with Crippen LogP contribution in [0.1, 0.15) is 172 Å². The van der Waals surface area contributed by atoms with E-state index in [0.717, 1.165) is 24.6 Å². The van der Waals surface area contributed by atoms with E-state index in [9.17, 15) is 0 Å². The van der Waals surface area contributed by atoms with Crippen LogP contribution >= 0.6 is 0 Å². The van der Waals surface area contributed by atoms with Crippen molar-refractivity contribution in [2.45, 2.75) is 167 Å². The number of unbranched alkanes of at least 4 members (excludes halogenated alkanes) is 15. The van der Waals surface area contributed by atoms with Crippen LogP contribution in [0.25, 0.3) is 0 Å². The Balaban J connectivity index is 1.22. The van der Waals surface area contributed by atoms with Crippen LogP contribution in [0.5, 0.6) is 5.75 Å². The van der Waals surface area contributed by atoms with Gasteiger partial charge in [0.25, 0.3) is 0 Å². The number of aryl methyl sites for hydroxylation is 2. The van der Waals surface area contributed by atoms with Crippen molar-refractivity contribution in [3.8, 4) is 5.75 Å². The van der Waals surface area contributed by atoms with Crippen molar-refractivity contribution >= 4 is 0 Å². The third kappa shape index (κ3) is 14.7. The van der Waals surface area contributed by atoms with Gasteiger partial charge in [0.2, 0.25) is 0 Å². The predicted molar refractivity (Wildman–Crippen MR) is 176 cm³/mol. The van der Waals surface area contributed by atoms with Gasteiger partial charge in [-0.1, -0.05) is 122 Å². The molecule has 1 fully saturated rings. The summed E-state index contributed by atoms with van der Waals surface area (Å²) < 4.78 is 6.20. The minimum atomic E-state index is 0.518. The van der Waals surface area contributed by atoms with E-state index >= 15 is 0 Å². The molecule has 0 atom stereocenters. The molecule has 230 valence electrons. The number of hydrogen-bond donors (Lipinski definition) is 0. The number of nitrogens with zero attached hydrogens (tertiary/aromatic N) is 2. The molecule has 0 spiro atoms. The van der Waals surface area contributed by atoms with Gasteiger partial charge in [0.05, 0.1) is 6.61 Å². The topological polar surface area (TPSA) is 35.0 Å². The van der Waals surface area contributed by atoms with Crippen LogP contribution in [0.15, 0.2) is 36.7 Å². The van der Waals surface area contributed by atoms with Crippen molar-refractivity contribution in [3.63, 3.8) is 0 Å². The lowest BCUT2D eigenvalue weighted by molar-refractivity contribution is 0.198. The van der Waals surface area contributed by atoms with Crippen LogP contribution in [0, 0.1) is 5.92 Å². The maximum atomic E-state index is 6.20. The summed E-state index contributed by atoms with van der Waals surface area (Å²) in [5, 5.41) is 0. The second-order valence-electron chi connectivity index (χ2n) is 12.9. The Morgan fingerprint density at radius 2 is 1.02 bits per heavy atom. The summed E-state index contributed by atoms with van der Waals surface area (Å²) >= 11 is 0. The first kappa shape index (κ1) is 33.6. The Kier molecular flexibility index (Phi) is 17.8. The van der Waals surface area contributed by atoms with Crippen LogP contribution < -0.4 is 4.74 Å². The van der Waals surface area contributed by atoms with Gasteiger partial charge in [-0.05, 0) is 80.5 Å². The maximum Gasteiger partial charge on any atom is 0.131 e. The van der Waals surface area contributed by atoms with E-state index < -0.39 is 0 Å². The van der Waals surface area contributed by atoms with Crippen LogP contribution in [0.2, 0.25) is 0 Å². The maximum absolute atomic E-state index is 6.20. The van der Waals surface area contributed by atoms with Gasteiger partial charge in [0, 0.05) is 18.3 Å². The summed E-state index contributed by atoms with van der Waals surface area (Å²) in [5.74, 6) is 3.25.